The molecule has 2 N–H and O–H groups in total. The summed E-state index contributed by atoms with van der Waals surface area (Å²) < 4.78 is 0. The van der Waals surface area contributed by atoms with Crippen LogP contribution in [0.25, 0.3) is 27.2 Å². The van der Waals surface area contributed by atoms with Crippen LogP contribution in [0, 0.1) is 6.57 Å². The molecule has 31 heavy (non-hydrogen) atoms. The van der Waals surface area contributed by atoms with Crippen molar-refractivity contribution in [2.45, 2.75) is 5.03 Å². The van der Waals surface area contributed by atoms with Crippen LogP contribution >= 0.6 is 23.1 Å². The second-order valence-electron chi connectivity index (χ2n) is 6.45. The molecule has 2 aromatic carbocycles. The highest BCUT2D eigenvalue weighted by Gasteiger charge is 2.14. The van der Waals surface area contributed by atoms with E-state index in [2.05, 4.69) is 20.1 Å². The fraction of sp³-hybridized carbons (Fsp3) is 0.0435. The molecule has 0 fully saturated rings. The van der Waals surface area contributed by atoms with E-state index in [4.69, 9.17) is 6.57 Å². The highest BCUT2D eigenvalue weighted by Crippen LogP contribution is 2.34. The van der Waals surface area contributed by atoms with Gasteiger partial charge in [-0.2, -0.15) is 0 Å². The molecular formula is C23H16N4O2S2. The van der Waals surface area contributed by atoms with Crippen molar-refractivity contribution in [3.63, 3.8) is 0 Å². The molecule has 2 aromatic heterocycles. The van der Waals surface area contributed by atoms with E-state index in [-0.39, 0.29) is 17.3 Å². The third-order valence-electron chi connectivity index (χ3n) is 4.52. The van der Waals surface area contributed by atoms with Crippen LogP contribution in [0.5, 0.6) is 5.75 Å². The van der Waals surface area contributed by atoms with Gasteiger partial charge in [-0.3, -0.25) is 10.1 Å². The minimum absolute atomic E-state index is 0.0448. The topological polar surface area (TPSA) is 79.5 Å². The summed E-state index contributed by atoms with van der Waals surface area (Å²) in [6, 6.07) is 16.2. The van der Waals surface area contributed by atoms with E-state index in [0.717, 1.165) is 22.4 Å². The number of thioether (sulfide) groups is 1. The first-order chi connectivity index (χ1) is 15.1. The Morgan fingerprint density at radius 3 is 2.71 bits per heavy atom. The zero-order valence-electron chi connectivity index (χ0n) is 16.4. The third-order valence-corrected chi connectivity index (χ3v) is 5.99. The number of carbonyl (C=O) groups excluding carboxylic acids is 1. The fourth-order valence-electron chi connectivity index (χ4n) is 3.01. The summed E-state index contributed by atoms with van der Waals surface area (Å²) in [7, 11) is 0. The van der Waals surface area contributed by atoms with Gasteiger partial charge in [0, 0.05) is 17.1 Å². The highest BCUT2D eigenvalue weighted by molar-refractivity contribution is 7.98. The van der Waals surface area contributed by atoms with Crippen molar-refractivity contribution in [1.29, 1.82) is 0 Å². The van der Waals surface area contributed by atoms with E-state index in [1.54, 1.807) is 36.5 Å². The summed E-state index contributed by atoms with van der Waals surface area (Å²) >= 11 is 2.76. The first-order valence-electron chi connectivity index (χ1n) is 9.16. The van der Waals surface area contributed by atoms with Gasteiger partial charge in [-0.05, 0) is 41.6 Å². The number of anilines is 1. The summed E-state index contributed by atoms with van der Waals surface area (Å²) in [5.74, 6) is -0.293. The van der Waals surface area contributed by atoms with E-state index in [1.165, 1.54) is 23.1 Å². The van der Waals surface area contributed by atoms with E-state index in [1.807, 2.05) is 35.9 Å². The van der Waals surface area contributed by atoms with Gasteiger partial charge in [-0.15, -0.1) is 23.1 Å². The second kappa shape index (κ2) is 9.00. The lowest BCUT2D eigenvalue weighted by atomic mass is 10.0. The number of nitrogens with one attached hydrogen (secondary N) is 1. The first-order valence-corrected chi connectivity index (χ1v) is 11.3. The lowest BCUT2D eigenvalue weighted by Gasteiger charge is -2.06. The Kier molecular flexibility index (Phi) is 5.98. The molecular weight excluding hydrogens is 428 g/mol. The van der Waals surface area contributed by atoms with Gasteiger partial charge in [0.2, 0.25) is 5.69 Å². The summed E-state index contributed by atoms with van der Waals surface area (Å²) in [4.78, 5) is 24.7. The number of hydrogen-bond donors (Lipinski definition) is 2. The highest BCUT2D eigenvalue weighted by atomic mass is 32.2. The Labute approximate surface area is 187 Å². The molecule has 1 amide bonds. The molecule has 0 unspecified atom stereocenters. The molecule has 2 heterocycles. The SMILES string of the molecule is [C-]#[N+]c1ccc(-c2cccc(-c3csc(NC(=O)c4cccnc4SC)n3)c2)cc1O. The minimum atomic E-state index is -0.248. The molecule has 6 nitrogen and oxygen atoms in total. The number of carbonyl (C=O) groups is 1. The minimum Gasteiger partial charge on any atom is -0.519 e. The van der Waals surface area contributed by atoms with Gasteiger partial charge >= 0.3 is 0 Å². The number of hydrogen-bond acceptors (Lipinski definition) is 6. The molecule has 4 rings (SSSR count). The van der Waals surface area contributed by atoms with Crippen LogP contribution in [0.15, 0.2) is 71.2 Å². The van der Waals surface area contributed by atoms with Crippen LogP contribution in [0.4, 0.5) is 10.8 Å². The molecule has 0 radical (unpaired) electrons. The smallest absolute Gasteiger partial charge is 0.260 e. The van der Waals surface area contributed by atoms with Crippen LogP contribution in [0.2, 0.25) is 0 Å². The van der Waals surface area contributed by atoms with Crippen molar-refractivity contribution in [3.05, 3.63) is 83.2 Å². The molecule has 0 atom stereocenters. The lowest BCUT2D eigenvalue weighted by molar-refractivity contribution is 0.102. The number of phenolic OH excluding ortho intramolecular Hbond substituents is 1. The normalized spacial score (nSPS) is 10.5. The van der Waals surface area contributed by atoms with Crippen LogP contribution < -0.4 is 5.32 Å². The molecule has 0 aliphatic heterocycles. The van der Waals surface area contributed by atoms with E-state index < -0.39 is 0 Å². The number of aromatic hydroxyl groups is 1. The van der Waals surface area contributed by atoms with Gasteiger partial charge < -0.3 is 5.11 Å². The van der Waals surface area contributed by atoms with Crippen LogP contribution in [-0.2, 0) is 0 Å². The largest absolute Gasteiger partial charge is 0.519 e. The maximum Gasteiger partial charge on any atom is 0.260 e. The molecule has 4 aromatic rings. The number of phenols is 1. The standard InChI is InChI=1S/C23H16N4O2S2/c1-24-18-9-8-15(12-20(18)28)14-5-3-6-16(11-14)19-13-31-23(26-19)27-21(29)17-7-4-10-25-22(17)30-2/h3-13,28H,2H3,(H,26,27,29). The number of amides is 1. The van der Waals surface area contributed by atoms with Crippen molar-refractivity contribution in [2.75, 3.05) is 11.6 Å². The Balaban J connectivity index is 1.57. The van der Waals surface area contributed by atoms with Gasteiger partial charge in [0.05, 0.1) is 17.8 Å². The zero-order chi connectivity index (χ0) is 21.8. The van der Waals surface area contributed by atoms with Gasteiger partial charge in [0.1, 0.15) is 10.8 Å². The Hall–Kier alpha value is -3.67. The molecule has 0 bridgehead atoms. The molecule has 0 spiro atoms. The molecule has 0 aliphatic rings. The van der Waals surface area contributed by atoms with Crippen molar-refractivity contribution < 1.29 is 9.90 Å². The maximum atomic E-state index is 12.6. The van der Waals surface area contributed by atoms with E-state index in [0.29, 0.717) is 15.7 Å². The lowest BCUT2D eigenvalue weighted by Crippen LogP contribution is -2.13. The molecule has 0 saturated heterocycles. The Morgan fingerprint density at radius 2 is 1.94 bits per heavy atom. The number of benzene rings is 2. The summed E-state index contributed by atoms with van der Waals surface area (Å²) in [5, 5.41) is 15.9. The van der Waals surface area contributed by atoms with Gasteiger partial charge in [0.25, 0.3) is 5.91 Å². The quantitative estimate of drug-likeness (QED) is 0.287. The third kappa shape index (κ3) is 4.43. The maximum absolute atomic E-state index is 12.6. The molecule has 0 saturated carbocycles. The first kappa shape index (κ1) is 20.6. The van der Waals surface area contributed by atoms with Gasteiger partial charge in [0.15, 0.2) is 5.13 Å². The average molecular weight is 445 g/mol. The number of nitrogens with zero attached hydrogens (tertiary/aromatic N) is 3. The molecule has 152 valence electrons. The van der Waals surface area contributed by atoms with Crippen molar-refractivity contribution in [2.24, 2.45) is 0 Å². The van der Waals surface area contributed by atoms with Crippen LogP contribution in [-0.4, -0.2) is 27.2 Å². The second-order valence-corrected chi connectivity index (χ2v) is 8.10. The number of rotatable bonds is 5. The number of pyridine rings is 1. The average Bonchev–Trinajstić information content (AvgIpc) is 3.27. The van der Waals surface area contributed by atoms with Crippen molar-refractivity contribution >= 4 is 39.8 Å². The summed E-state index contributed by atoms with van der Waals surface area (Å²) in [6.07, 6.45) is 3.54. The molecule has 0 aliphatic carbocycles. The predicted molar refractivity (Wildman–Crippen MR) is 125 cm³/mol. The number of thiazole rings is 1. The monoisotopic (exact) mass is 444 g/mol. The predicted octanol–water partition coefficient (Wildman–Crippen LogP) is 6.10. The van der Waals surface area contributed by atoms with E-state index >= 15 is 0 Å². The van der Waals surface area contributed by atoms with Gasteiger partial charge in [-0.1, -0.05) is 30.3 Å². The zero-order valence-corrected chi connectivity index (χ0v) is 18.0. The fourth-order valence-corrected chi connectivity index (χ4v) is 4.27. The van der Waals surface area contributed by atoms with Gasteiger partial charge in [-0.25, -0.2) is 14.8 Å². The van der Waals surface area contributed by atoms with Crippen LogP contribution in [0.3, 0.4) is 0 Å². The Morgan fingerprint density at radius 1 is 1.13 bits per heavy atom. The summed E-state index contributed by atoms with van der Waals surface area (Å²) in [6.45, 7) is 7.06. The van der Waals surface area contributed by atoms with Crippen molar-refractivity contribution in [3.8, 4) is 28.1 Å². The van der Waals surface area contributed by atoms with E-state index in [9.17, 15) is 9.90 Å². The van der Waals surface area contributed by atoms with Crippen molar-refractivity contribution in [1.82, 2.24) is 9.97 Å². The summed E-state index contributed by atoms with van der Waals surface area (Å²) in [5.41, 5.74) is 4.05. The Bertz CT molecular complexity index is 1310. The number of aromatic nitrogens is 2. The van der Waals surface area contributed by atoms with Crippen LogP contribution in [0.1, 0.15) is 10.4 Å². The molecule has 8 heteroatoms.